The molecule has 29 heavy (non-hydrogen) atoms. The van der Waals surface area contributed by atoms with Gasteiger partial charge in [-0.15, -0.1) is 0 Å². The average molecular weight is 391 g/mol. The van der Waals surface area contributed by atoms with Gasteiger partial charge in [-0.25, -0.2) is 19.3 Å². The SMILES string of the molecule is COc1cccc(-c2nc(C(N)=O)c3[nH]c(=O)n(-c4ccc(C)cc4)c3n2)c1O. The molecule has 0 fully saturated rings. The standard InChI is InChI=1S/C20H17N5O4/c1-10-6-8-11(9-7-10)25-19-15(23-20(25)28)14(17(21)27)22-18(24-19)12-4-3-5-13(29-2)16(12)26/h3-9,26H,1-2H3,(H2,21,27)(H,23,28). The number of hydrogen-bond acceptors (Lipinski definition) is 6. The number of phenols is 1. The van der Waals surface area contributed by atoms with E-state index in [0.29, 0.717) is 5.69 Å². The molecular formula is C20H17N5O4. The largest absolute Gasteiger partial charge is 0.504 e. The first-order valence-electron chi connectivity index (χ1n) is 8.66. The second-order valence-electron chi connectivity index (χ2n) is 6.42. The third-order valence-electron chi connectivity index (χ3n) is 4.52. The number of benzene rings is 2. The summed E-state index contributed by atoms with van der Waals surface area (Å²) < 4.78 is 6.45. The van der Waals surface area contributed by atoms with Crippen LogP contribution in [0.2, 0.25) is 0 Å². The van der Waals surface area contributed by atoms with Crippen LogP contribution in [0, 0.1) is 6.92 Å². The molecule has 9 heteroatoms. The van der Waals surface area contributed by atoms with Crippen LogP contribution in [0.4, 0.5) is 0 Å². The lowest BCUT2D eigenvalue weighted by Gasteiger charge is -2.10. The first kappa shape index (κ1) is 18.2. The van der Waals surface area contributed by atoms with E-state index in [1.807, 2.05) is 19.1 Å². The number of imidazole rings is 1. The fourth-order valence-corrected chi connectivity index (χ4v) is 3.08. The lowest BCUT2D eigenvalue weighted by atomic mass is 10.1. The van der Waals surface area contributed by atoms with E-state index in [1.165, 1.54) is 11.7 Å². The van der Waals surface area contributed by atoms with E-state index in [2.05, 4.69) is 15.0 Å². The number of primary amides is 1. The topological polar surface area (TPSA) is 136 Å². The summed E-state index contributed by atoms with van der Waals surface area (Å²) in [6.45, 7) is 1.93. The summed E-state index contributed by atoms with van der Waals surface area (Å²) in [7, 11) is 1.42. The highest BCUT2D eigenvalue weighted by atomic mass is 16.5. The Hall–Kier alpha value is -4.14. The number of methoxy groups -OCH3 is 1. The number of hydrogen-bond donors (Lipinski definition) is 3. The molecule has 0 unspecified atom stereocenters. The lowest BCUT2D eigenvalue weighted by molar-refractivity contribution is 0.0997. The van der Waals surface area contributed by atoms with Crippen LogP contribution in [0.1, 0.15) is 16.1 Å². The number of carbonyl (C=O) groups excluding carboxylic acids is 1. The number of amides is 1. The molecule has 0 aliphatic rings. The minimum absolute atomic E-state index is 0.0301. The quantitative estimate of drug-likeness (QED) is 0.486. The Morgan fingerprint density at radius 1 is 1.17 bits per heavy atom. The highest BCUT2D eigenvalue weighted by Gasteiger charge is 2.22. The molecule has 0 bridgehead atoms. The van der Waals surface area contributed by atoms with E-state index in [1.54, 1.807) is 30.3 Å². The number of nitrogens with one attached hydrogen (secondary N) is 1. The molecular weight excluding hydrogens is 374 g/mol. The van der Waals surface area contributed by atoms with Crippen molar-refractivity contribution in [3.05, 3.63) is 64.2 Å². The van der Waals surface area contributed by atoms with Crippen molar-refractivity contribution < 1.29 is 14.6 Å². The van der Waals surface area contributed by atoms with Crippen LogP contribution < -0.4 is 16.2 Å². The number of aromatic nitrogens is 4. The Balaban J connectivity index is 2.06. The number of nitrogens with zero attached hydrogens (tertiary/aromatic N) is 3. The third-order valence-corrected chi connectivity index (χ3v) is 4.52. The van der Waals surface area contributed by atoms with E-state index in [4.69, 9.17) is 10.5 Å². The Kier molecular flexibility index (Phi) is 4.27. The van der Waals surface area contributed by atoms with Gasteiger partial charge in [-0.1, -0.05) is 23.8 Å². The first-order chi connectivity index (χ1) is 13.9. The van der Waals surface area contributed by atoms with Gasteiger partial charge in [0.2, 0.25) is 0 Å². The van der Waals surface area contributed by atoms with Gasteiger partial charge in [0.15, 0.2) is 28.7 Å². The van der Waals surface area contributed by atoms with Crippen molar-refractivity contribution in [3.63, 3.8) is 0 Å². The van der Waals surface area contributed by atoms with Gasteiger partial charge in [-0.3, -0.25) is 4.79 Å². The zero-order valence-electron chi connectivity index (χ0n) is 15.6. The maximum atomic E-state index is 12.6. The molecule has 0 radical (unpaired) electrons. The summed E-state index contributed by atoms with van der Waals surface area (Å²) in [5.41, 5.74) is 6.94. The molecule has 9 nitrogen and oxygen atoms in total. The van der Waals surface area contributed by atoms with Crippen LogP contribution in [-0.2, 0) is 0 Å². The number of aromatic amines is 1. The normalized spacial score (nSPS) is 11.0. The number of para-hydroxylation sites is 1. The van der Waals surface area contributed by atoms with Crippen molar-refractivity contribution in [2.24, 2.45) is 5.73 Å². The van der Waals surface area contributed by atoms with Crippen molar-refractivity contribution in [3.8, 4) is 28.6 Å². The maximum Gasteiger partial charge on any atom is 0.332 e. The number of fused-ring (bicyclic) bond motifs is 1. The van der Waals surface area contributed by atoms with Crippen LogP contribution in [0.25, 0.3) is 28.2 Å². The van der Waals surface area contributed by atoms with E-state index in [0.717, 1.165) is 5.56 Å². The molecule has 0 atom stereocenters. The van der Waals surface area contributed by atoms with E-state index in [-0.39, 0.29) is 39.7 Å². The minimum Gasteiger partial charge on any atom is -0.504 e. The zero-order valence-corrected chi connectivity index (χ0v) is 15.6. The summed E-state index contributed by atoms with van der Waals surface area (Å²) in [5.74, 6) is -0.776. The number of aromatic hydroxyl groups is 1. The van der Waals surface area contributed by atoms with Crippen molar-refractivity contribution in [1.29, 1.82) is 0 Å². The maximum absolute atomic E-state index is 12.6. The fourth-order valence-electron chi connectivity index (χ4n) is 3.08. The van der Waals surface area contributed by atoms with Gasteiger partial charge < -0.3 is 20.6 Å². The van der Waals surface area contributed by atoms with E-state index < -0.39 is 11.6 Å². The van der Waals surface area contributed by atoms with Gasteiger partial charge in [0.1, 0.15) is 5.52 Å². The van der Waals surface area contributed by atoms with Crippen LogP contribution in [-0.4, -0.2) is 37.6 Å². The summed E-state index contributed by atoms with van der Waals surface area (Å²) >= 11 is 0. The molecule has 1 amide bonds. The molecule has 0 saturated heterocycles. The Morgan fingerprint density at radius 2 is 1.90 bits per heavy atom. The van der Waals surface area contributed by atoms with Crippen molar-refractivity contribution in [1.82, 2.24) is 19.5 Å². The zero-order chi connectivity index (χ0) is 20.7. The summed E-state index contributed by atoms with van der Waals surface area (Å²) in [6.07, 6.45) is 0. The van der Waals surface area contributed by atoms with Gasteiger partial charge in [-0.05, 0) is 31.2 Å². The second-order valence-corrected chi connectivity index (χ2v) is 6.42. The molecule has 0 aliphatic heterocycles. The van der Waals surface area contributed by atoms with Crippen LogP contribution in [0.15, 0.2) is 47.3 Å². The lowest BCUT2D eigenvalue weighted by Crippen LogP contribution is -2.15. The van der Waals surface area contributed by atoms with Gasteiger partial charge in [0.25, 0.3) is 5.91 Å². The predicted molar refractivity (Wildman–Crippen MR) is 106 cm³/mol. The molecule has 0 spiro atoms. The van der Waals surface area contributed by atoms with Crippen LogP contribution in [0.3, 0.4) is 0 Å². The molecule has 0 aliphatic carbocycles. The van der Waals surface area contributed by atoms with Gasteiger partial charge in [0, 0.05) is 0 Å². The van der Waals surface area contributed by atoms with Crippen LogP contribution >= 0.6 is 0 Å². The summed E-state index contributed by atoms with van der Waals surface area (Å²) in [5, 5.41) is 10.5. The number of ether oxygens (including phenoxy) is 1. The predicted octanol–water partition coefficient (Wildman–Crippen LogP) is 1.90. The van der Waals surface area contributed by atoms with Gasteiger partial charge in [-0.2, -0.15) is 0 Å². The monoisotopic (exact) mass is 391 g/mol. The third kappa shape index (κ3) is 2.98. The molecule has 2 heterocycles. The van der Waals surface area contributed by atoms with Gasteiger partial charge >= 0.3 is 5.69 Å². The molecule has 2 aromatic heterocycles. The second kappa shape index (κ2) is 6.79. The molecule has 4 N–H and O–H groups in total. The van der Waals surface area contributed by atoms with E-state index in [9.17, 15) is 14.7 Å². The molecule has 4 rings (SSSR count). The number of carbonyl (C=O) groups is 1. The van der Waals surface area contributed by atoms with Gasteiger partial charge in [0.05, 0.1) is 18.4 Å². The number of rotatable bonds is 4. The summed E-state index contributed by atoms with van der Waals surface area (Å²) in [6, 6.07) is 12.0. The fraction of sp³-hybridized carbons (Fsp3) is 0.100. The Morgan fingerprint density at radius 3 is 2.55 bits per heavy atom. The van der Waals surface area contributed by atoms with Crippen molar-refractivity contribution >= 4 is 17.1 Å². The van der Waals surface area contributed by atoms with Crippen LogP contribution in [0.5, 0.6) is 11.5 Å². The molecule has 146 valence electrons. The van der Waals surface area contributed by atoms with Crippen molar-refractivity contribution in [2.45, 2.75) is 6.92 Å². The highest BCUT2D eigenvalue weighted by Crippen LogP contribution is 2.35. The Bertz CT molecular complexity index is 1310. The first-order valence-corrected chi connectivity index (χ1v) is 8.66. The average Bonchev–Trinajstić information content (AvgIpc) is 3.03. The summed E-state index contributed by atoms with van der Waals surface area (Å²) in [4.78, 5) is 35.9. The molecule has 0 saturated carbocycles. The number of phenolic OH excluding ortho intramolecular Hbond substituents is 1. The smallest absolute Gasteiger partial charge is 0.332 e. The molecule has 2 aromatic carbocycles. The Labute approximate surface area is 164 Å². The van der Waals surface area contributed by atoms with Crippen molar-refractivity contribution in [2.75, 3.05) is 7.11 Å². The minimum atomic E-state index is -0.835. The molecule has 4 aromatic rings. The number of H-pyrrole nitrogens is 1. The highest BCUT2D eigenvalue weighted by molar-refractivity contribution is 6.02. The van der Waals surface area contributed by atoms with E-state index >= 15 is 0 Å². The number of nitrogens with two attached hydrogens (primary N) is 1. The number of aryl methyl sites for hydroxylation is 1.